The number of aromatic nitrogens is 9. The predicted octanol–water partition coefficient (Wildman–Crippen LogP) is 8.91. The highest BCUT2D eigenvalue weighted by Crippen LogP contribution is 2.37. The lowest BCUT2D eigenvalue weighted by Gasteiger charge is -2.36. The molecule has 4 aromatic heterocycles. The number of hydrogen-bond donors (Lipinski definition) is 3. The quantitative estimate of drug-likeness (QED) is 0.0357. The van der Waals surface area contributed by atoms with Crippen molar-refractivity contribution in [3.63, 3.8) is 0 Å². The molecular formula is C61H74N14O8S. The summed E-state index contributed by atoms with van der Waals surface area (Å²) in [6.07, 6.45) is 14.7. The largest absolute Gasteiger partial charge is 0.494 e. The highest BCUT2D eigenvalue weighted by atomic mass is 32.1. The van der Waals surface area contributed by atoms with Crippen molar-refractivity contribution in [2.45, 2.75) is 142 Å². The molecular weight excluding hydrogens is 1090 g/mol. The summed E-state index contributed by atoms with van der Waals surface area (Å²) in [4.78, 5) is 84.6. The molecule has 7 aromatic rings. The van der Waals surface area contributed by atoms with Gasteiger partial charge in [0.25, 0.3) is 5.91 Å². The summed E-state index contributed by atoms with van der Waals surface area (Å²) in [6, 6.07) is 21.8. The number of ketones is 1. The van der Waals surface area contributed by atoms with E-state index in [0.29, 0.717) is 89.0 Å². The standard InChI is InChI=1S/C61H74N14O8S/c1-40(72(5)60(80)83-61(2,3)4)56(77)67-53(42-18-9-7-10-19-42)59(79)75-29-16-25-50(75)58-65-35-51(84-58)54(76)43-20-15-24-48(33-43)82-38-46-37-74(71-68-46)28-11-8-12-30-81-47-23-13-17-41(31-47)34-64-57(78)44-21-14-22-45(32-44)63-36-52-69-70-55(73(52)6)49-26-27-62-39-66-49/h13-15,17,20-24,26-27,31-33,35,37,39-40,42,50,53,63H,7-12,16,18-19,25,28-30,34,36,38H2,1-6H3,(H,64,78)(H,67,77)/t40-,50-,53-/m0/s1. The molecule has 3 N–H and O–H groups in total. The molecule has 0 unspecified atom stereocenters. The molecule has 3 atom stereocenters. The number of unbranched alkanes of at least 4 members (excludes halogenated alkanes) is 2. The number of benzene rings is 3. The number of nitrogens with zero attached hydrogens (tertiary/aromatic N) is 11. The Hall–Kier alpha value is -8.60. The summed E-state index contributed by atoms with van der Waals surface area (Å²) in [7, 11) is 3.40. The van der Waals surface area contributed by atoms with Crippen molar-refractivity contribution in [1.29, 1.82) is 0 Å². The molecule has 22 nitrogen and oxygen atoms in total. The third-order valence-electron chi connectivity index (χ3n) is 15.0. The van der Waals surface area contributed by atoms with Crippen molar-refractivity contribution in [3.8, 4) is 23.0 Å². The number of rotatable bonds is 25. The van der Waals surface area contributed by atoms with E-state index >= 15 is 0 Å². The molecule has 9 rings (SSSR count). The van der Waals surface area contributed by atoms with Gasteiger partial charge >= 0.3 is 6.09 Å². The molecule has 1 saturated carbocycles. The molecule has 1 aliphatic carbocycles. The highest BCUT2D eigenvalue weighted by Gasteiger charge is 2.41. The summed E-state index contributed by atoms with van der Waals surface area (Å²) in [6.45, 7) is 9.56. The van der Waals surface area contributed by atoms with Crippen LogP contribution in [0.1, 0.15) is 146 Å². The van der Waals surface area contributed by atoms with Crippen molar-refractivity contribution >= 4 is 46.6 Å². The van der Waals surface area contributed by atoms with Gasteiger partial charge in [-0.3, -0.25) is 28.8 Å². The van der Waals surface area contributed by atoms with E-state index in [2.05, 4.69) is 51.4 Å². The first-order chi connectivity index (χ1) is 40.6. The number of hydrogen-bond acceptors (Lipinski definition) is 17. The molecule has 2 aliphatic rings. The zero-order valence-corrected chi connectivity index (χ0v) is 49.3. The molecule has 1 saturated heterocycles. The minimum atomic E-state index is -0.867. The van der Waals surface area contributed by atoms with Crippen molar-refractivity contribution in [3.05, 3.63) is 142 Å². The third-order valence-corrected chi connectivity index (χ3v) is 16.1. The Morgan fingerprint density at radius 2 is 1.62 bits per heavy atom. The second-order valence-corrected chi connectivity index (χ2v) is 23.4. The zero-order chi connectivity index (χ0) is 59.2. The molecule has 84 heavy (non-hydrogen) atoms. The Morgan fingerprint density at radius 3 is 2.42 bits per heavy atom. The molecule has 1 aliphatic heterocycles. The van der Waals surface area contributed by atoms with Crippen LogP contribution in [0.25, 0.3) is 11.5 Å². The summed E-state index contributed by atoms with van der Waals surface area (Å²) in [5, 5.41) is 27.2. The summed E-state index contributed by atoms with van der Waals surface area (Å²) >= 11 is 1.28. The number of aryl methyl sites for hydroxylation is 1. The van der Waals surface area contributed by atoms with Gasteiger partial charge in [0.15, 0.2) is 11.6 Å². The van der Waals surface area contributed by atoms with Gasteiger partial charge in [-0.15, -0.1) is 26.6 Å². The first-order valence-electron chi connectivity index (χ1n) is 28.7. The SMILES string of the molecule is C[C@@H](C(=O)N[C@H](C(=O)N1CCC[C@H]1c1ncc(C(=O)c2cccc(OCc3cn(CCCCCOc4cccc(CNC(=O)c5cccc(NCc6nnc(-c7ccncn7)n6C)c5)c4)nn3)c2)s1)C1CCCCC1)N(C)C(=O)OC(C)(C)C. The minimum absolute atomic E-state index is 0.0416. The van der Waals surface area contributed by atoms with Gasteiger partial charge in [-0.05, 0) is 133 Å². The van der Waals surface area contributed by atoms with Gasteiger partial charge in [0.05, 0.1) is 30.3 Å². The number of nitrogens with one attached hydrogen (secondary N) is 3. The Balaban J connectivity index is 0.688. The van der Waals surface area contributed by atoms with E-state index < -0.39 is 29.7 Å². The van der Waals surface area contributed by atoms with Crippen LogP contribution in [0.15, 0.2) is 104 Å². The average molecular weight is 1160 g/mol. The molecule has 23 heteroatoms. The fourth-order valence-corrected chi connectivity index (χ4v) is 11.3. The number of amides is 4. The number of ether oxygens (including phenoxy) is 3. The molecule has 5 heterocycles. The van der Waals surface area contributed by atoms with Gasteiger partial charge in [-0.1, -0.05) is 54.8 Å². The van der Waals surface area contributed by atoms with Crippen LogP contribution in [0.5, 0.6) is 11.5 Å². The molecule has 4 amide bonds. The van der Waals surface area contributed by atoms with Crippen LogP contribution in [-0.4, -0.2) is 122 Å². The van der Waals surface area contributed by atoms with Gasteiger partial charge < -0.3 is 39.6 Å². The fraction of sp³-hybridized carbons (Fsp3) is 0.443. The van der Waals surface area contributed by atoms with E-state index in [1.165, 1.54) is 29.6 Å². The van der Waals surface area contributed by atoms with Crippen molar-refractivity contribution in [2.24, 2.45) is 13.0 Å². The molecule has 0 spiro atoms. The second-order valence-electron chi connectivity index (χ2n) is 22.3. The van der Waals surface area contributed by atoms with E-state index in [-0.39, 0.29) is 36.2 Å². The summed E-state index contributed by atoms with van der Waals surface area (Å²) in [5.74, 6) is 1.56. The van der Waals surface area contributed by atoms with Gasteiger partial charge in [-0.25, -0.2) is 19.7 Å². The first kappa shape index (κ1) is 60.0. The van der Waals surface area contributed by atoms with E-state index in [4.69, 9.17) is 14.2 Å². The monoisotopic (exact) mass is 1160 g/mol. The van der Waals surface area contributed by atoms with Crippen LogP contribution in [0.3, 0.4) is 0 Å². The molecule has 0 radical (unpaired) electrons. The van der Waals surface area contributed by atoms with Gasteiger partial charge in [-0.2, -0.15) is 0 Å². The maximum absolute atomic E-state index is 14.6. The Bertz CT molecular complexity index is 3370. The normalized spacial score (nSPS) is 15.2. The number of carbonyl (C=O) groups excluding carboxylic acids is 5. The van der Waals surface area contributed by atoms with Crippen LogP contribution < -0.4 is 25.4 Å². The molecule has 442 valence electrons. The smallest absolute Gasteiger partial charge is 0.410 e. The third kappa shape index (κ3) is 15.9. The van der Waals surface area contributed by atoms with Gasteiger partial charge in [0, 0.05) is 62.9 Å². The molecule has 0 bridgehead atoms. The van der Waals surface area contributed by atoms with Gasteiger partial charge in [0.1, 0.15) is 58.5 Å². The van der Waals surface area contributed by atoms with E-state index in [0.717, 1.165) is 74.8 Å². The summed E-state index contributed by atoms with van der Waals surface area (Å²) < 4.78 is 21.3. The van der Waals surface area contributed by atoms with Crippen molar-refractivity contribution in [1.82, 2.24) is 65.1 Å². The zero-order valence-electron chi connectivity index (χ0n) is 48.5. The number of carbonyl (C=O) groups is 5. The number of thiazole rings is 1. The Morgan fingerprint density at radius 1 is 0.833 bits per heavy atom. The topological polar surface area (TPSA) is 256 Å². The van der Waals surface area contributed by atoms with E-state index in [1.807, 2.05) is 59.1 Å². The fourth-order valence-electron chi connectivity index (χ4n) is 10.2. The first-order valence-corrected chi connectivity index (χ1v) is 29.6. The summed E-state index contributed by atoms with van der Waals surface area (Å²) in [5.41, 5.74) is 3.26. The maximum Gasteiger partial charge on any atom is 0.410 e. The van der Waals surface area contributed by atoms with Crippen LogP contribution in [0.4, 0.5) is 10.5 Å². The van der Waals surface area contributed by atoms with Crippen LogP contribution in [0, 0.1) is 5.92 Å². The van der Waals surface area contributed by atoms with Crippen molar-refractivity contribution in [2.75, 3.05) is 25.5 Å². The predicted molar refractivity (Wildman–Crippen MR) is 315 cm³/mol. The van der Waals surface area contributed by atoms with E-state index in [9.17, 15) is 24.0 Å². The number of likely N-dealkylation sites (tertiary alicyclic amines) is 1. The van der Waals surface area contributed by atoms with Crippen LogP contribution >= 0.6 is 11.3 Å². The lowest BCUT2D eigenvalue weighted by Crippen LogP contribution is -2.56. The van der Waals surface area contributed by atoms with Crippen LogP contribution in [-0.2, 0) is 47.6 Å². The Labute approximate surface area is 493 Å². The Kier molecular flexibility index (Phi) is 20.1. The van der Waals surface area contributed by atoms with Crippen LogP contribution in [0.2, 0.25) is 0 Å². The molecule has 3 aromatic carbocycles. The maximum atomic E-state index is 14.6. The molecule has 2 fully saturated rings. The highest BCUT2D eigenvalue weighted by molar-refractivity contribution is 7.14. The van der Waals surface area contributed by atoms with Crippen molar-refractivity contribution < 1.29 is 38.2 Å². The average Bonchev–Trinajstić information content (AvgIpc) is 4.45. The lowest BCUT2D eigenvalue weighted by atomic mass is 9.83. The van der Waals surface area contributed by atoms with Gasteiger partial charge in [0.2, 0.25) is 17.6 Å². The number of likely N-dealkylation sites (N-methyl/N-ethyl adjacent to an activating group) is 1. The van der Waals surface area contributed by atoms with E-state index in [1.54, 1.807) is 87.2 Å². The number of anilines is 1. The lowest BCUT2D eigenvalue weighted by molar-refractivity contribution is -0.140. The minimum Gasteiger partial charge on any atom is -0.494 e. The second kappa shape index (κ2) is 28.1.